The lowest BCUT2D eigenvalue weighted by Gasteiger charge is -2.22. The fourth-order valence-electron chi connectivity index (χ4n) is 3.93. The number of anilines is 2. The van der Waals surface area contributed by atoms with Gasteiger partial charge in [-0.05, 0) is 55.3 Å². The number of hydrogen-bond donors (Lipinski definition) is 2. The van der Waals surface area contributed by atoms with Crippen LogP contribution in [0.3, 0.4) is 0 Å². The molecule has 1 unspecified atom stereocenters. The summed E-state index contributed by atoms with van der Waals surface area (Å²) in [7, 11) is -0.932. The van der Waals surface area contributed by atoms with Gasteiger partial charge >= 0.3 is 0 Å². The third-order valence-electron chi connectivity index (χ3n) is 5.72. The molecule has 33 heavy (non-hydrogen) atoms. The second kappa shape index (κ2) is 8.60. The van der Waals surface area contributed by atoms with E-state index in [2.05, 4.69) is 10.3 Å². The largest absolute Gasteiger partial charge is 0.493 e. The van der Waals surface area contributed by atoms with Gasteiger partial charge in [-0.3, -0.25) is 4.79 Å². The van der Waals surface area contributed by atoms with Crippen molar-refractivity contribution in [3.8, 4) is 5.88 Å². The zero-order valence-electron chi connectivity index (χ0n) is 18.5. The Bertz CT molecular complexity index is 1340. The number of aromatic nitrogens is 1. The van der Waals surface area contributed by atoms with Crippen LogP contribution in [0.1, 0.15) is 22.3 Å². The number of carbonyl (C=O) groups excluding carboxylic acids is 1. The van der Waals surface area contributed by atoms with E-state index in [9.17, 15) is 22.7 Å². The SMILES string of the molecule is Cc1cc(O)nc2ccc(NC(=O)c3cc(S(=O)(=O)N(C)C)ccc3N3CCC(F)C3)cc12. The number of carbonyl (C=O) groups is 1. The summed E-state index contributed by atoms with van der Waals surface area (Å²) in [5, 5.41) is 13.3. The number of rotatable bonds is 5. The van der Waals surface area contributed by atoms with Crippen LogP contribution in [-0.4, -0.2) is 62.1 Å². The molecule has 1 aromatic heterocycles. The summed E-state index contributed by atoms with van der Waals surface area (Å²) in [6.07, 6.45) is -0.652. The summed E-state index contributed by atoms with van der Waals surface area (Å²) in [5.41, 5.74) is 2.48. The molecule has 8 nitrogen and oxygen atoms in total. The first kappa shape index (κ1) is 22.9. The first-order valence-corrected chi connectivity index (χ1v) is 11.9. The Kier molecular flexibility index (Phi) is 5.98. The van der Waals surface area contributed by atoms with Gasteiger partial charge in [0.1, 0.15) is 6.17 Å². The molecule has 1 saturated heterocycles. The number of hydrogen-bond acceptors (Lipinski definition) is 6. The highest BCUT2D eigenvalue weighted by Gasteiger charge is 2.28. The number of pyridine rings is 1. The first-order valence-electron chi connectivity index (χ1n) is 10.4. The van der Waals surface area contributed by atoms with Crippen LogP contribution in [-0.2, 0) is 10.0 Å². The number of halogens is 1. The molecule has 10 heteroatoms. The molecule has 0 radical (unpaired) electrons. The molecule has 0 saturated carbocycles. The molecule has 2 heterocycles. The fourth-order valence-corrected chi connectivity index (χ4v) is 4.86. The van der Waals surface area contributed by atoms with Gasteiger partial charge in [0.05, 0.1) is 16.0 Å². The first-order chi connectivity index (χ1) is 15.6. The van der Waals surface area contributed by atoms with Gasteiger partial charge in [0.25, 0.3) is 5.91 Å². The summed E-state index contributed by atoms with van der Waals surface area (Å²) >= 11 is 0. The predicted molar refractivity (Wildman–Crippen MR) is 125 cm³/mol. The van der Waals surface area contributed by atoms with E-state index in [-0.39, 0.29) is 22.9 Å². The van der Waals surface area contributed by atoms with Crippen molar-refractivity contribution < 1.29 is 22.7 Å². The number of nitrogens with one attached hydrogen (secondary N) is 1. The summed E-state index contributed by atoms with van der Waals surface area (Å²) in [4.78, 5) is 19.1. The van der Waals surface area contributed by atoms with Gasteiger partial charge in [-0.1, -0.05) is 0 Å². The van der Waals surface area contributed by atoms with E-state index in [1.54, 1.807) is 29.2 Å². The van der Waals surface area contributed by atoms with Crippen molar-refractivity contribution in [2.24, 2.45) is 0 Å². The van der Waals surface area contributed by atoms with Gasteiger partial charge in [-0.25, -0.2) is 22.1 Å². The quantitative estimate of drug-likeness (QED) is 0.591. The number of alkyl halides is 1. The lowest BCUT2D eigenvalue weighted by molar-refractivity contribution is 0.102. The number of aromatic hydroxyl groups is 1. The molecule has 2 N–H and O–H groups in total. The van der Waals surface area contributed by atoms with Crippen LogP contribution in [0.25, 0.3) is 10.9 Å². The highest BCUT2D eigenvalue weighted by Crippen LogP contribution is 2.30. The molecule has 1 fully saturated rings. The molecule has 1 amide bonds. The van der Waals surface area contributed by atoms with Gasteiger partial charge in [-0.2, -0.15) is 0 Å². The molecule has 1 aliphatic rings. The predicted octanol–water partition coefficient (Wildman–Crippen LogP) is 3.30. The van der Waals surface area contributed by atoms with Gasteiger partial charge in [0, 0.05) is 50.0 Å². The number of amides is 1. The highest BCUT2D eigenvalue weighted by molar-refractivity contribution is 7.89. The molecule has 0 bridgehead atoms. The van der Waals surface area contributed by atoms with Gasteiger partial charge in [0.2, 0.25) is 15.9 Å². The summed E-state index contributed by atoms with van der Waals surface area (Å²) in [6, 6.07) is 10.9. The van der Waals surface area contributed by atoms with E-state index in [0.717, 1.165) is 15.3 Å². The van der Waals surface area contributed by atoms with Crippen LogP contribution in [0, 0.1) is 6.92 Å². The lowest BCUT2D eigenvalue weighted by atomic mass is 10.1. The smallest absolute Gasteiger partial charge is 0.257 e. The van der Waals surface area contributed by atoms with Crippen LogP contribution < -0.4 is 10.2 Å². The van der Waals surface area contributed by atoms with Crippen molar-refractivity contribution in [2.75, 3.05) is 37.4 Å². The third-order valence-corrected chi connectivity index (χ3v) is 7.53. The molecule has 0 aliphatic carbocycles. The van der Waals surface area contributed by atoms with Gasteiger partial charge in [-0.15, -0.1) is 0 Å². The van der Waals surface area contributed by atoms with Crippen molar-refractivity contribution in [3.05, 3.63) is 53.6 Å². The summed E-state index contributed by atoms with van der Waals surface area (Å²) in [5.74, 6) is -0.594. The minimum absolute atomic E-state index is 0.0218. The Morgan fingerprint density at radius 2 is 1.97 bits per heavy atom. The summed E-state index contributed by atoms with van der Waals surface area (Å²) < 4.78 is 40.2. The number of benzene rings is 2. The summed E-state index contributed by atoms with van der Waals surface area (Å²) in [6.45, 7) is 2.40. The third kappa shape index (κ3) is 4.49. The molecule has 174 valence electrons. The van der Waals surface area contributed by atoms with Crippen LogP contribution >= 0.6 is 0 Å². The molecule has 1 aliphatic heterocycles. The van der Waals surface area contributed by atoms with E-state index in [4.69, 9.17) is 0 Å². The van der Waals surface area contributed by atoms with E-state index >= 15 is 0 Å². The minimum atomic E-state index is -3.77. The average molecular weight is 473 g/mol. The van der Waals surface area contributed by atoms with Crippen LogP contribution in [0.15, 0.2) is 47.4 Å². The van der Waals surface area contributed by atoms with E-state index in [1.165, 1.54) is 32.3 Å². The molecular formula is C23H25FN4O4S. The normalized spacial score (nSPS) is 16.5. The number of aryl methyl sites for hydroxylation is 1. The number of nitrogens with zero attached hydrogens (tertiary/aromatic N) is 3. The van der Waals surface area contributed by atoms with Crippen molar-refractivity contribution in [1.82, 2.24) is 9.29 Å². The highest BCUT2D eigenvalue weighted by atomic mass is 32.2. The average Bonchev–Trinajstić information content (AvgIpc) is 3.19. The fraction of sp³-hybridized carbons (Fsp3) is 0.304. The maximum absolute atomic E-state index is 13.9. The van der Waals surface area contributed by atoms with Crippen LogP contribution in [0.2, 0.25) is 0 Å². The maximum atomic E-state index is 13.9. The Labute approximate surface area is 191 Å². The zero-order valence-corrected chi connectivity index (χ0v) is 19.4. The monoisotopic (exact) mass is 472 g/mol. The second-order valence-corrected chi connectivity index (χ2v) is 10.4. The molecule has 1 atom stereocenters. The topological polar surface area (TPSA) is 103 Å². The molecule has 2 aromatic carbocycles. The molecule has 3 aromatic rings. The molecule has 4 rings (SSSR count). The molecule has 0 spiro atoms. The van der Waals surface area contributed by atoms with Gasteiger partial charge in [0.15, 0.2) is 0 Å². The molecular weight excluding hydrogens is 447 g/mol. The van der Waals surface area contributed by atoms with Crippen molar-refractivity contribution in [3.63, 3.8) is 0 Å². The maximum Gasteiger partial charge on any atom is 0.257 e. The number of sulfonamides is 1. The van der Waals surface area contributed by atoms with Crippen molar-refractivity contribution in [1.29, 1.82) is 0 Å². The van der Waals surface area contributed by atoms with Crippen LogP contribution in [0.4, 0.5) is 15.8 Å². The van der Waals surface area contributed by atoms with Crippen LogP contribution in [0.5, 0.6) is 5.88 Å². The Balaban J connectivity index is 1.74. The zero-order chi connectivity index (χ0) is 23.9. The Morgan fingerprint density at radius 3 is 2.64 bits per heavy atom. The second-order valence-electron chi connectivity index (χ2n) is 8.28. The van der Waals surface area contributed by atoms with E-state index < -0.39 is 22.1 Å². The number of fused-ring (bicyclic) bond motifs is 1. The van der Waals surface area contributed by atoms with Crippen molar-refractivity contribution >= 4 is 38.2 Å². The van der Waals surface area contributed by atoms with Crippen molar-refractivity contribution in [2.45, 2.75) is 24.4 Å². The van der Waals surface area contributed by atoms with E-state index in [1.807, 2.05) is 6.92 Å². The lowest BCUT2D eigenvalue weighted by Crippen LogP contribution is -2.26. The Morgan fingerprint density at radius 1 is 1.21 bits per heavy atom. The standard InChI is InChI=1S/C23H25FN4O4S/c1-14-10-22(29)26-20-6-4-16(11-18(14)20)25-23(30)19-12-17(33(31,32)27(2)3)5-7-21(19)28-9-8-15(24)13-28/h4-7,10-12,15H,8-9,13H2,1-3H3,(H,25,30)(H,26,29). The van der Waals surface area contributed by atoms with Gasteiger partial charge < -0.3 is 15.3 Å². The minimum Gasteiger partial charge on any atom is -0.493 e. The Hall–Kier alpha value is -3.24. The van der Waals surface area contributed by atoms with E-state index in [0.29, 0.717) is 29.9 Å².